The number of aryl methyl sites for hydroxylation is 2. The van der Waals surface area contributed by atoms with Crippen molar-refractivity contribution in [3.05, 3.63) is 193 Å². The summed E-state index contributed by atoms with van der Waals surface area (Å²) in [6.07, 6.45) is 10.9. The number of hydrogen-bond donors (Lipinski definition) is 0. The van der Waals surface area contributed by atoms with Gasteiger partial charge in [-0.3, -0.25) is 0 Å². The highest BCUT2D eigenvalue weighted by molar-refractivity contribution is 7.20. The molecule has 16 heterocycles. The largest absolute Gasteiger partial charge is 0.395 e. The minimum Gasteiger partial charge on any atom is -0.395 e. The van der Waals surface area contributed by atoms with Gasteiger partial charge in [-0.05, 0) is 58.5 Å². The van der Waals surface area contributed by atoms with E-state index in [1.165, 1.54) is 43.2 Å². The lowest BCUT2D eigenvalue weighted by Crippen LogP contribution is -2.32. The van der Waals surface area contributed by atoms with Crippen LogP contribution < -0.4 is 18.3 Å². The molecule has 4 aliphatic rings. The zero-order valence-corrected chi connectivity index (χ0v) is 42.2. The Bertz CT molecular complexity index is 5150. The van der Waals surface area contributed by atoms with Gasteiger partial charge in [0.1, 0.15) is 13.1 Å². The molecule has 0 bridgehead atoms. The highest BCUT2D eigenvalue weighted by atomic mass is 32.1. The third-order valence-electron chi connectivity index (χ3n) is 15.2. The molecule has 16 aromatic rings. The highest BCUT2D eigenvalue weighted by Gasteiger charge is 2.37. The van der Waals surface area contributed by atoms with Gasteiger partial charge in [-0.1, -0.05) is 84.1 Å². The quantitative estimate of drug-likeness (QED) is 0.144. The van der Waals surface area contributed by atoms with Gasteiger partial charge in [-0.15, -0.1) is 0 Å². The van der Waals surface area contributed by atoms with E-state index in [0.717, 1.165) is 92.4 Å². The standard InChI is InChI=1S/2C15H12N5.C14H9N4O.C14H9N4S/c2*1-18-12-14(19-8-4-7-16-15(19)17-12)20-9-10-5-2-3-6-11(10)13(18)20;2*1-2-5-10-9(4-1)8-17-12-14(19-13(10)17)18-11(16-12)6-3-7-15-18/h2*2-8H,9H2,1H3;2*1-7H,8H2/q4*+1/i1D3;;;. The van der Waals surface area contributed by atoms with Crippen LogP contribution in [0.25, 0.3) is 112 Å². The number of imidazole rings is 6. The van der Waals surface area contributed by atoms with Crippen LogP contribution in [-0.2, 0) is 40.2 Å². The SMILES string of the molecule is Cn1c2[n+](c3c1nc1ncccn13)Cc1ccccc1-2.[2H]C([2H])([2H])n1c2[n+](c3c1nc1ncccn13)Cc1ccccc1-2.c1ccc2c(c1)C[n+]1c-2oc2c1nc1cccnn12.c1ccc2c(c1)C[n+]1c-2sc2c1nc1cccnn12. The Kier molecular flexibility index (Phi) is 8.26. The molecule has 78 heavy (non-hydrogen) atoms. The van der Waals surface area contributed by atoms with E-state index < -0.39 is 6.98 Å². The van der Waals surface area contributed by atoms with E-state index in [2.05, 4.69) is 125 Å². The highest BCUT2D eigenvalue weighted by Crippen LogP contribution is 2.36. The maximum atomic E-state index is 7.97. The normalized spacial score (nSPS) is 13.8. The molecule has 0 atom stereocenters. The van der Waals surface area contributed by atoms with E-state index in [9.17, 15) is 0 Å². The number of aromatic nitrogens is 18. The lowest BCUT2D eigenvalue weighted by molar-refractivity contribution is -0.651. The molecular weight excluding hydrogens is 997 g/mol. The Balaban J connectivity index is 0.0000000863. The van der Waals surface area contributed by atoms with Gasteiger partial charge < -0.3 is 4.42 Å². The van der Waals surface area contributed by atoms with Crippen LogP contribution >= 0.6 is 11.3 Å². The van der Waals surface area contributed by atoms with Gasteiger partial charge in [-0.2, -0.15) is 42.6 Å². The summed E-state index contributed by atoms with van der Waals surface area (Å²) in [5.74, 6) is 4.02. The topological polar surface area (TPSA) is 159 Å². The van der Waals surface area contributed by atoms with Gasteiger partial charge in [0.25, 0.3) is 51.3 Å². The zero-order chi connectivity index (χ0) is 53.8. The van der Waals surface area contributed by atoms with E-state index in [4.69, 9.17) is 13.5 Å². The van der Waals surface area contributed by atoms with Crippen molar-refractivity contribution >= 4 is 78.6 Å². The molecule has 0 saturated heterocycles. The average molecular weight is 1040 g/mol. The van der Waals surface area contributed by atoms with Crippen LogP contribution in [0.1, 0.15) is 26.4 Å². The van der Waals surface area contributed by atoms with Gasteiger partial charge in [0.05, 0.1) is 60.3 Å². The third kappa shape index (κ3) is 6.01. The number of thiazole rings is 1. The third-order valence-corrected chi connectivity index (χ3v) is 16.4. The Hall–Kier alpha value is -10.3. The molecule has 20 rings (SSSR count). The second-order valence-electron chi connectivity index (χ2n) is 19.5. The fourth-order valence-electron chi connectivity index (χ4n) is 11.8. The number of fused-ring (bicyclic) bond motifs is 28. The van der Waals surface area contributed by atoms with E-state index in [1.54, 1.807) is 40.6 Å². The van der Waals surface area contributed by atoms with Crippen molar-refractivity contribution in [1.29, 1.82) is 0 Å². The summed E-state index contributed by atoms with van der Waals surface area (Å²) in [5.41, 5.74) is 17.4. The van der Waals surface area contributed by atoms with E-state index in [1.807, 2.05) is 98.7 Å². The molecule has 4 aromatic carbocycles. The van der Waals surface area contributed by atoms with Gasteiger partial charge in [-0.25, -0.2) is 32.8 Å². The van der Waals surface area contributed by atoms with Crippen LogP contribution in [0.2, 0.25) is 0 Å². The summed E-state index contributed by atoms with van der Waals surface area (Å²) >= 11 is 1.77. The maximum absolute atomic E-state index is 7.97. The van der Waals surface area contributed by atoms with Crippen molar-refractivity contribution < 1.29 is 26.8 Å². The molecule has 0 aliphatic carbocycles. The predicted molar refractivity (Wildman–Crippen MR) is 289 cm³/mol. The molecule has 0 radical (unpaired) electrons. The summed E-state index contributed by atoms with van der Waals surface area (Å²) in [7, 11) is 2.07. The summed E-state index contributed by atoms with van der Waals surface area (Å²) < 4.78 is 49.7. The molecule has 4 aliphatic heterocycles. The Morgan fingerprint density at radius 2 is 1.01 bits per heavy atom. The summed E-state index contributed by atoms with van der Waals surface area (Å²) in [6.45, 7) is 0.936. The number of hydrogen-bond acceptors (Lipinski definition) is 10. The molecule has 0 N–H and O–H groups in total. The monoisotopic (exact) mass is 1040 g/mol. The van der Waals surface area contributed by atoms with Crippen LogP contribution in [0.5, 0.6) is 0 Å². The summed E-state index contributed by atoms with van der Waals surface area (Å²) in [6, 6.07) is 44.8. The van der Waals surface area contributed by atoms with Crippen LogP contribution in [0, 0.1) is 0 Å². The Morgan fingerprint density at radius 1 is 0.500 bits per heavy atom. The second-order valence-corrected chi connectivity index (χ2v) is 20.5. The van der Waals surface area contributed by atoms with Crippen molar-refractivity contribution in [2.45, 2.75) is 26.2 Å². The molecule has 0 spiro atoms. The lowest BCUT2D eigenvalue weighted by Gasteiger charge is -1.95. The molecule has 12 aromatic heterocycles. The fraction of sp³-hybridized carbons (Fsp3) is 0.103. The van der Waals surface area contributed by atoms with Crippen LogP contribution in [0.4, 0.5) is 0 Å². The molecule has 372 valence electrons. The van der Waals surface area contributed by atoms with Gasteiger partial charge in [0.15, 0.2) is 5.01 Å². The van der Waals surface area contributed by atoms with Crippen LogP contribution in [-0.4, -0.2) is 67.1 Å². The minimum absolute atomic E-state index is 0.438. The first-order valence-electron chi connectivity index (χ1n) is 26.9. The first-order chi connectivity index (χ1) is 39.7. The van der Waals surface area contributed by atoms with Gasteiger partial charge >= 0.3 is 17.0 Å². The average Bonchev–Trinajstić information content (AvgIpc) is 2.73. The van der Waals surface area contributed by atoms with Crippen LogP contribution in [0.15, 0.2) is 175 Å². The molecule has 19 nitrogen and oxygen atoms in total. The first-order valence-corrected chi connectivity index (χ1v) is 26.2. The van der Waals surface area contributed by atoms with E-state index >= 15 is 0 Å². The molecule has 20 heteroatoms. The molecular formula is C58H42N18OS+4. The molecule has 0 fully saturated rings. The van der Waals surface area contributed by atoms with E-state index in [-0.39, 0.29) is 0 Å². The Labute approximate surface area is 448 Å². The minimum atomic E-state index is -2.31. The van der Waals surface area contributed by atoms with Crippen LogP contribution in [0.3, 0.4) is 0 Å². The maximum Gasteiger partial charge on any atom is 0.392 e. The molecule has 0 saturated carbocycles. The zero-order valence-electron chi connectivity index (χ0n) is 44.4. The van der Waals surface area contributed by atoms with Crippen molar-refractivity contribution in [1.82, 2.24) is 67.1 Å². The number of nitrogens with zero attached hydrogens (tertiary/aromatic N) is 18. The second kappa shape index (κ2) is 16.1. The number of benzene rings is 4. The fourth-order valence-corrected chi connectivity index (χ4v) is 13.0. The Morgan fingerprint density at radius 3 is 1.67 bits per heavy atom. The summed E-state index contributed by atoms with van der Waals surface area (Å²) in [5, 5.41) is 9.96. The number of oxazole rings is 1. The van der Waals surface area contributed by atoms with Crippen molar-refractivity contribution in [3.63, 3.8) is 0 Å². The van der Waals surface area contributed by atoms with E-state index in [0.29, 0.717) is 29.5 Å². The molecule has 0 amide bonds. The van der Waals surface area contributed by atoms with Gasteiger partial charge in [0, 0.05) is 64.7 Å². The number of rotatable bonds is 0. The predicted octanol–water partition coefficient (Wildman–Crippen LogP) is 7.13. The van der Waals surface area contributed by atoms with Gasteiger partial charge in [0.2, 0.25) is 16.5 Å². The van der Waals surface area contributed by atoms with Crippen molar-refractivity contribution in [3.8, 4) is 44.8 Å². The van der Waals surface area contributed by atoms with Crippen molar-refractivity contribution in [2.75, 3.05) is 0 Å². The molecule has 0 unspecified atom stereocenters. The summed E-state index contributed by atoms with van der Waals surface area (Å²) in [4.78, 5) is 28.1. The first kappa shape index (κ1) is 40.0. The smallest absolute Gasteiger partial charge is 0.392 e. The lowest BCUT2D eigenvalue weighted by atomic mass is 10.1. The van der Waals surface area contributed by atoms with Crippen molar-refractivity contribution in [2.24, 2.45) is 14.0 Å².